The number of aliphatic hydroxyl groups is 1. The first kappa shape index (κ1) is 14.3. The lowest BCUT2D eigenvalue weighted by Crippen LogP contribution is -2.39. The Hall–Kier alpha value is -0.130. The Kier molecular flexibility index (Phi) is 4.67. The van der Waals surface area contributed by atoms with E-state index in [4.69, 9.17) is 0 Å². The van der Waals surface area contributed by atoms with E-state index in [1.807, 2.05) is 0 Å². The highest BCUT2D eigenvalue weighted by Crippen LogP contribution is 2.29. The van der Waals surface area contributed by atoms with Gasteiger partial charge in [0.15, 0.2) is 9.84 Å². The van der Waals surface area contributed by atoms with E-state index in [1.54, 1.807) is 0 Å². The smallest absolute Gasteiger partial charge is 0.151 e. The fraction of sp³-hybridized carbons (Fsp3) is 1.00. The highest BCUT2D eigenvalue weighted by Gasteiger charge is 2.29. The van der Waals surface area contributed by atoms with Crippen LogP contribution >= 0.6 is 0 Å². The number of hydrogen-bond acceptors (Lipinski definition) is 4. The van der Waals surface area contributed by atoms with Gasteiger partial charge in [-0.1, -0.05) is 6.92 Å². The second-order valence-electron chi connectivity index (χ2n) is 6.05. The largest absolute Gasteiger partial charge is 0.393 e. The number of aliphatic hydroxyl groups excluding tert-OH is 1. The van der Waals surface area contributed by atoms with Crippen molar-refractivity contribution in [1.82, 2.24) is 4.90 Å². The van der Waals surface area contributed by atoms with Gasteiger partial charge in [-0.15, -0.1) is 0 Å². The van der Waals surface area contributed by atoms with Gasteiger partial charge < -0.3 is 10.0 Å². The van der Waals surface area contributed by atoms with Crippen molar-refractivity contribution in [1.29, 1.82) is 0 Å². The molecule has 18 heavy (non-hydrogen) atoms. The van der Waals surface area contributed by atoms with E-state index in [1.165, 1.54) is 0 Å². The van der Waals surface area contributed by atoms with E-state index in [0.29, 0.717) is 24.1 Å². The number of hydrogen-bond donors (Lipinski definition) is 1. The van der Waals surface area contributed by atoms with Gasteiger partial charge in [-0.05, 0) is 44.1 Å². The van der Waals surface area contributed by atoms with Crippen LogP contribution in [0.15, 0.2) is 0 Å². The Morgan fingerprint density at radius 3 is 2.78 bits per heavy atom. The fourth-order valence-corrected chi connectivity index (χ4v) is 4.49. The Bertz CT molecular complexity index is 368. The van der Waals surface area contributed by atoms with E-state index in [9.17, 15) is 13.5 Å². The van der Waals surface area contributed by atoms with Gasteiger partial charge in [0.2, 0.25) is 0 Å². The molecule has 0 aromatic carbocycles. The first-order chi connectivity index (χ1) is 8.46. The second-order valence-corrected chi connectivity index (χ2v) is 8.36. The highest BCUT2D eigenvalue weighted by molar-refractivity contribution is 7.91. The zero-order chi connectivity index (χ0) is 13.2. The molecule has 2 fully saturated rings. The Morgan fingerprint density at radius 1 is 1.22 bits per heavy atom. The molecule has 1 saturated heterocycles. The van der Waals surface area contributed by atoms with Gasteiger partial charge in [-0.25, -0.2) is 8.42 Å². The monoisotopic (exact) mass is 275 g/mol. The summed E-state index contributed by atoms with van der Waals surface area (Å²) in [7, 11) is -2.82. The molecule has 1 saturated carbocycles. The van der Waals surface area contributed by atoms with Gasteiger partial charge in [0.25, 0.3) is 0 Å². The normalized spacial score (nSPS) is 38.2. The summed E-state index contributed by atoms with van der Waals surface area (Å²) in [6, 6.07) is 0. The van der Waals surface area contributed by atoms with Gasteiger partial charge in [0, 0.05) is 13.1 Å². The third-order valence-electron chi connectivity index (χ3n) is 4.35. The molecule has 1 aliphatic heterocycles. The first-order valence-electron chi connectivity index (χ1n) is 7.07. The summed E-state index contributed by atoms with van der Waals surface area (Å²) in [5.41, 5.74) is 0. The average molecular weight is 275 g/mol. The Labute approximate surface area is 110 Å². The molecule has 0 aromatic heterocycles. The predicted octanol–water partition coefficient (Wildman–Crippen LogP) is 0.904. The lowest BCUT2D eigenvalue weighted by atomic mass is 9.80. The zero-order valence-electron chi connectivity index (χ0n) is 11.2. The molecule has 2 rings (SSSR count). The van der Waals surface area contributed by atoms with Crippen LogP contribution < -0.4 is 0 Å². The maximum absolute atomic E-state index is 11.5. The third kappa shape index (κ3) is 3.93. The maximum atomic E-state index is 11.5. The molecular weight excluding hydrogens is 250 g/mol. The molecule has 5 heteroatoms. The quantitative estimate of drug-likeness (QED) is 0.813. The van der Waals surface area contributed by atoms with Crippen molar-refractivity contribution in [3.63, 3.8) is 0 Å². The number of rotatable bonds is 2. The summed E-state index contributed by atoms with van der Waals surface area (Å²) in [4.78, 5) is 2.23. The van der Waals surface area contributed by atoms with Crippen molar-refractivity contribution in [2.45, 2.75) is 38.7 Å². The molecule has 0 spiro atoms. The summed E-state index contributed by atoms with van der Waals surface area (Å²) in [6.07, 6.45) is 3.64. The third-order valence-corrected chi connectivity index (χ3v) is 6.06. The fourth-order valence-electron chi connectivity index (χ4n) is 3.18. The molecule has 0 aromatic rings. The van der Waals surface area contributed by atoms with Gasteiger partial charge >= 0.3 is 0 Å². The van der Waals surface area contributed by atoms with Crippen molar-refractivity contribution in [3.8, 4) is 0 Å². The standard InChI is InChI=1S/C13H25NO3S/c1-11-3-4-13(15)12(9-11)10-14-5-2-7-18(16,17)8-6-14/h11-13,15H,2-10H2,1H3. The van der Waals surface area contributed by atoms with E-state index < -0.39 is 9.84 Å². The van der Waals surface area contributed by atoms with Gasteiger partial charge in [0.05, 0.1) is 17.6 Å². The minimum absolute atomic E-state index is 0.193. The van der Waals surface area contributed by atoms with E-state index in [-0.39, 0.29) is 11.9 Å². The molecule has 0 radical (unpaired) electrons. The topological polar surface area (TPSA) is 57.6 Å². The molecule has 106 valence electrons. The van der Waals surface area contributed by atoms with Crippen LogP contribution in [0.25, 0.3) is 0 Å². The molecule has 1 N–H and O–H groups in total. The molecular formula is C13H25NO3S. The number of sulfone groups is 1. The highest BCUT2D eigenvalue weighted by atomic mass is 32.2. The summed E-state index contributed by atoms with van der Waals surface area (Å²) in [6.45, 7) is 4.60. The van der Waals surface area contributed by atoms with Crippen LogP contribution in [-0.4, -0.2) is 55.7 Å². The molecule has 1 aliphatic carbocycles. The van der Waals surface area contributed by atoms with Crippen molar-refractivity contribution in [2.75, 3.05) is 31.1 Å². The molecule has 4 nitrogen and oxygen atoms in total. The summed E-state index contributed by atoms with van der Waals surface area (Å²) in [5, 5.41) is 10.0. The van der Waals surface area contributed by atoms with Crippen LogP contribution in [0.5, 0.6) is 0 Å². The van der Waals surface area contributed by atoms with E-state index >= 15 is 0 Å². The average Bonchev–Trinajstić information content (AvgIpc) is 2.46. The van der Waals surface area contributed by atoms with Crippen molar-refractivity contribution in [3.05, 3.63) is 0 Å². The molecule has 0 amide bonds. The van der Waals surface area contributed by atoms with Crippen LogP contribution in [0.3, 0.4) is 0 Å². The van der Waals surface area contributed by atoms with E-state index in [0.717, 1.165) is 38.8 Å². The Morgan fingerprint density at radius 2 is 2.00 bits per heavy atom. The minimum Gasteiger partial charge on any atom is -0.393 e. The van der Waals surface area contributed by atoms with Gasteiger partial charge in [-0.2, -0.15) is 0 Å². The van der Waals surface area contributed by atoms with Crippen molar-refractivity contribution < 1.29 is 13.5 Å². The minimum atomic E-state index is -2.82. The molecule has 1 heterocycles. The van der Waals surface area contributed by atoms with Gasteiger partial charge in [-0.3, -0.25) is 0 Å². The van der Waals surface area contributed by atoms with Crippen LogP contribution in [-0.2, 0) is 9.84 Å². The summed E-state index contributed by atoms with van der Waals surface area (Å²) in [5.74, 6) is 1.63. The van der Waals surface area contributed by atoms with Crippen LogP contribution in [0.4, 0.5) is 0 Å². The molecule has 2 aliphatic rings. The SMILES string of the molecule is CC1CCC(O)C(CN2CCCS(=O)(=O)CC2)C1. The Balaban J connectivity index is 1.88. The molecule has 0 bridgehead atoms. The van der Waals surface area contributed by atoms with Crippen molar-refractivity contribution in [2.24, 2.45) is 11.8 Å². The van der Waals surface area contributed by atoms with Crippen LogP contribution in [0, 0.1) is 11.8 Å². The van der Waals surface area contributed by atoms with Crippen LogP contribution in [0.2, 0.25) is 0 Å². The molecule has 3 unspecified atom stereocenters. The van der Waals surface area contributed by atoms with Gasteiger partial charge in [0.1, 0.15) is 0 Å². The summed E-state index contributed by atoms with van der Waals surface area (Å²) < 4.78 is 23.1. The first-order valence-corrected chi connectivity index (χ1v) is 8.89. The van der Waals surface area contributed by atoms with Crippen LogP contribution in [0.1, 0.15) is 32.6 Å². The summed E-state index contributed by atoms with van der Waals surface area (Å²) >= 11 is 0. The molecule has 3 atom stereocenters. The number of nitrogens with zero attached hydrogens (tertiary/aromatic N) is 1. The maximum Gasteiger partial charge on any atom is 0.151 e. The second kappa shape index (κ2) is 5.88. The van der Waals surface area contributed by atoms with E-state index in [2.05, 4.69) is 11.8 Å². The zero-order valence-corrected chi connectivity index (χ0v) is 12.0. The lowest BCUT2D eigenvalue weighted by Gasteiger charge is -2.35. The predicted molar refractivity (Wildman–Crippen MR) is 72.2 cm³/mol. The van der Waals surface area contributed by atoms with Crippen molar-refractivity contribution >= 4 is 9.84 Å². The lowest BCUT2D eigenvalue weighted by molar-refractivity contribution is 0.0319.